The number of carbonyl (C=O) groups excluding carboxylic acids is 1. The normalized spacial score (nSPS) is 15.3. The van der Waals surface area contributed by atoms with E-state index in [1.54, 1.807) is 0 Å². The zero-order valence-corrected chi connectivity index (χ0v) is 12.3. The number of H-pyrrole nitrogens is 1. The molecule has 1 aliphatic carbocycles. The number of ether oxygens (including phenoxy) is 1. The molecule has 0 spiro atoms. The molecule has 0 aromatic carbocycles. The third kappa shape index (κ3) is 3.57. The summed E-state index contributed by atoms with van der Waals surface area (Å²) in [6.07, 6.45) is 7.44. The molecule has 3 rings (SSSR count). The van der Waals surface area contributed by atoms with Crippen LogP contribution in [0.1, 0.15) is 48.5 Å². The van der Waals surface area contributed by atoms with Crippen molar-refractivity contribution < 1.29 is 9.53 Å². The van der Waals surface area contributed by atoms with Gasteiger partial charge in [-0.3, -0.25) is 9.89 Å². The Kier molecular flexibility index (Phi) is 4.27. The summed E-state index contributed by atoms with van der Waals surface area (Å²) in [4.78, 5) is 24.5. The van der Waals surface area contributed by atoms with Gasteiger partial charge in [-0.25, -0.2) is 15.0 Å². The summed E-state index contributed by atoms with van der Waals surface area (Å²) in [5, 5.41) is 9.39. The van der Waals surface area contributed by atoms with E-state index in [1.165, 1.54) is 31.6 Å². The Hall–Kier alpha value is -2.51. The molecule has 1 amide bonds. The van der Waals surface area contributed by atoms with Gasteiger partial charge in [0.2, 0.25) is 5.88 Å². The number of hydrogen-bond donors (Lipinski definition) is 2. The van der Waals surface area contributed by atoms with Gasteiger partial charge in [-0.15, -0.1) is 0 Å². The van der Waals surface area contributed by atoms with Crippen LogP contribution in [0.25, 0.3) is 0 Å². The summed E-state index contributed by atoms with van der Waals surface area (Å²) in [5.74, 6) is 1.42. The van der Waals surface area contributed by atoms with Crippen molar-refractivity contribution in [2.45, 2.75) is 32.2 Å². The van der Waals surface area contributed by atoms with Crippen LogP contribution in [0.3, 0.4) is 0 Å². The van der Waals surface area contributed by atoms with E-state index in [4.69, 9.17) is 4.74 Å². The first-order valence-corrected chi connectivity index (χ1v) is 7.37. The smallest absolute Gasteiger partial charge is 0.272 e. The first-order chi connectivity index (χ1) is 10.8. The van der Waals surface area contributed by atoms with Crippen molar-refractivity contribution in [1.82, 2.24) is 30.5 Å². The topological polar surface area (TPSA) is 106 Å². The molecule has 8 nitrogen and oxygen atoms in total. The fraction of sp³-hybridized carbons (Fsp3) is 0.500. The molecule has 0 bridgehead atoms. The van der Waals surface area contributed by atoms with Gasteiger partial charge in [0.15, 0.2) is 0 Å². The highest BCUT2D eigenvalue weighted by Gasteiger charge is 2.22. The Balaban J connectivity index is 1.58. The van der Waals surface area contributed by atoms with Crippen molar-refractivity contribution in [2.24, 2.45) is 5.92 Å². The molecule has 0 radical (unpaired) electrons. The SMILES string of the molecule is CCC(NC(=O)c1cnc(OCC2CC2)cn1)c1ncn[nH]1. The quantitative estimate of drug-likeness (QED) is 0.797. The van der Waals surface area contributed by atoms with Crippen LogP contribution in [0, 0.1) is 5.92 Å². The minimum Gasteiger partial charge on any atom is -0.476 e. The lowest BCUT2D eigenvalue weighted by Gasteiger charge is -2.13. The van der Waals surface area contributed by atoms with E-state index >= 15 is 0 Å². The second-order valence-electron chi connectivity index (χ2n) is 5.30. The molecule has 8 heteroatoms. The molecule has 1 unspecified atom stereocenters. The number of aromatic nitrogens is 5. The Morgan fingerprint density at radius 1 is 1.41 bits per heavy atom. The number of hydrogen-bond acceptors (Lipinski definition) is 6. The number of carbonyl (C=O) groups is 1. The average Bonchev–Trinajstić information content (AvgIpc) is 3.23. The molecule has 1 atom stereocenters. The lowest BCUT2D eigenvalue weighted by Crippen LogP contribution is -2.29. The van der Waals surface area contributed by atoms with Gasteiger partial charge >= 0.3 is 0 Å². The van der Waals surface area contributed by atoms with Gasteiger partial charge in [0, 0.05) is 0 Å². The third-order valence-electron chi connectivity index (χ3n) is 3.50. The van der Waals surface area contributed by atoms with E-state index in [0.717, 1.165) is 0 Å². The minimum atomic E-state index is -0.301. The molecule has 1 saturated carbocycles. The second kappa shape index (κ2) is 6.50. The molecule has 22 heavy (non-hydrogen) atoms. The average molecular weight is 302 g/mol. The Morgan fingerprint density at radius 3 is 2.86 bits per heavy atom. The zero-order chi connectivity index (χ0) is 15.4. The predicted octanol–water partition coefficient (Wildman–Crippen LogP) is 1.26. The number of nitrogens with zero attached hydrogens (tertiary/aromatic N) is 4. The molecule has 2 N–H and O–H groups in total. The predicted molar refractivity (Wildman–Crippen MR) is 77.1 cm³/mol. The number of nitrogens with one attached hydrogen (secondary N) is 2. The molecule has 2 aromatic rings. The third-order valence-corrected chi connectivity index (χ3v) is 3.50. The van der Waals surface area contributed by atoms with E-state index in [2.05, 4.69) is 30.5 Å². The zero-order valence-electron chi connectivity index (χ0n) is 12.3. The highest BCUT2D eigenvalue weighted by atomic mass is 16.5. The second-order valence-corrected chi connectivity index (χ2v) is 5.30. The van der Waals surface area contributed by atoms with Gasteiger partial charge in [0.1, 0.15) is 17.8 Å². The first kappa shape index (κ1) is 14.4. The van der Waals surface area contributed by atoms with Crippen LogP contribution in [-0.4, -0.2) is 37.7 Å². The van der Waals surface area contributed by atoms with Gasteiger partial charge in [-0.2, -0.15) is 5.10 Å². The van der Waals surface area contributed by atoms with Crippen LogP contribution in [0.4, 0.5) is 0 Å². The molecule has 116 valence electrons. The molecule has 2 aromatic heterocycles. The van der Waals surface area contributed by atoms with Crippen molar-refractivity contribution in [3.05, 3.63) is 30.2 Å². The van der Waals surface area contributed by atoms with E-state index in [9.17, 15) is 4.79 Å². The molecular weight excluding hydrogens is 284 g/mol. The van der Waals surface area contributed by atoms with Gasteiger partial charge < -0.3 is 10.1 Å². The number of amides is 1. The summed E-state index contributed by atoms with van der Waals surface area (Å²) in [7, 11) is 0. The highest BCUT2D eigenvalue weighted by molar-refractivity contribution is 5.92. The lowest BCUT2D eigenvalue weighted by molar-refractivity contribution is 0.0928. The summed E-state index contributed by atoms with van der Waals surface area (Å²) in [6.45, 7) is 2.62. The first-order valence-electron chi connectivity index (χ1n) is 7.37. The maximum Gasteiger partial charge on any atom is 0.272 e. The molecule has 1 aliphatic rings. The van der Waals surface area contributed by atoms with Crippen LogP contribution in [0.5, 0.6) is 5.88 Å². The summed E-state index contributed by atoms with van der Waals surface area (Å²) < 4.78 is 5.50. The van der Waals surface area contributed by atoms with Gasteiger partial charge in [0.05, 0.1) is 25.0 Å². The van der Waals surface area contributed by atoms with Crippen molar-refractivity contribution in [2.75, 3.05) is 6.61 Å². The summed E-state index contributed by atoms with van der Waals surface area (Å²) in [6, 6.07) is -0.234. The van der Waals surface area contributed by atoms with Gasteiger partial charge in [-0.05, 0) is 25.2 Å². The fourth-order valence-electron chi connectivity index (χ4n) is 1.97. The Labute approximate surface area is 127 Å². The van der Waals surface area contributed by atoms with Crippen LogP contribution >= 0.6 is 0 Å². The molecule has 1 fully saturated rings. The van der Waals surface area contributed by atoms with Crippen molar-refractivity contribution in [3.8, 4) is 5.88 Å². The van der Waals surface area contributed by atoms with Crippen LogP contribution in [-0.2, 0) is 0 Å². The van der Waals surface area contributed by atoms with E-state index in [1.807, 2.05) is 6.92 Å². The lowest BCUT2D eigenvalue weighted by atomic mass is 10.2. The number of aromatic amines is 1. The summed E-state index contributed by atoms with van der Waals surface area (Å²) >= 11 is 0. The van der Waals surface area contributed by atoms with E-state index in [0.29, 0.717) is 30.7 Å². The molecular formula is C14H18N6O2. The van der Waals surface area contributed by atoms with Gasteiger partial charge in [0.25, 0.3) is 5.91 Å². The molecule has 2 heterocycles. The van der Waals surface area contributed by atoms with Crippen LogP contribution in [0.15, 0.2) is 18.7 Å². The largest absolute Gasteiger partial charge is 0.476 e. The fourth-order valence-corrected chi connectivity index (χ4v) is 1.97. The van der Waals surface area contributed by atoms with E-state index < -0.39 is 0 Å². The standard InChI is InChI=1S/C14H18N6O2/c1-2-10(13-17-8-18-20-13)19-14(21)11-5-16-12(6-15-11)22-7-9-3-4-9/h5-6,8-10H,2-4,7H2,1H3,(H,19,21)(H,17,18,20). The molecule has 0 saturated heterocycles. The summed E-state index contributed by atoms with van der Waals surface area (Å²) in [5.41, 5.74) is 0.247. The Morgan fingerprint density at radius 2 is 2.27 bits per heavy atom. The van der Waals surface area contributed by atoms with E-state index in [-0.39, 0.29) is 17.6 Å². The monoisotopic (exact) mass is 302 g/mol. The highest BCUT2D eigenvalue weighted by Crippen LogP contribution is 2.29. The van der Waals surface area contributed by atoms with Crippen molar-refractivity contribution >= 4 is 5.91 Å². The maximum atomic E-state index is 12.2. The minimum absolute atomic E-state index is 0.234. The van der Waals surface area contributed by atoms with Crippen LogP contribution < -0.4 is 10.1 Å². The molecule has 0 aliphatic heterocycles. The van der Waals surface area contributed by atoms with Crippen molar-refractivity contribution in [1.29, 1.82) is 0 Å². The number of rotatable bonds is 7. The van der Waals surface area contributed by atoms with Crippen molar-refractivity contribution in [3.63, 3.8) is 0 Å². The van der Waals surface area contributed by atoms with Crippen LogP contribution in [0.2, 0.25) is 0 Å². The maximum absolute atomic E-state index is 12.2. The van der Waals surface area contributed by atoms with Gasteiger partial charge in [-0.1, -0.05) is 6.92 Å². The Bertz CT molecular complexity index is 609.